The minimum Gasteiger partial charge on any atom is -0.365 e. The van der Waals surface area contributed by atoms with Crippen LogP contribution in [0.5, 0.6) is 0 Å². The lowest BCUT2D eigenvalue weighted by atomic mass is 10.4. The van der Waals surface area contributed by atoms with Gasteiger partial charge in [0.05, 0.1) is 18.4 Å². The van der Waals surface area contributed by atoms with E-state index in [-0.39, 0.29) is 25.0 Å². The molecule has 2 aromatic heterocycles. The van der Waals surface area contributed by atoms with Gasteiger partial charge in [0.1, 0.15) is 5.82 Å². The van der Waals surface area contributed by atoms with Gasteiger partial charge in [0.15, 0.2) is 0 Å². The Morgan fingerprint density at radius 1 is 1.16 bits per heavy atom. The lowest BCUT2D eigenvalue weighted by Crippen LogP contribution is -2.13. The van der Waals surface area contributed by atoms with Crippen LogP contribution in [0, 0.1) is 0 Å². The monoisotopic (exact) mass is 291 g/mol. The molecule has 106 valence electrons. The lowest BCUT2D eigenvalue weighted by Gasteiger charge is -2.13. The number of anilines is 1. The quantitative estimate of drug-likeness (QED) is 0.921. The van der Waals surface area contributed by atoms with E-state index in [2.05, 4.69) is 15.5 Å². The van der Waals surface area contributed by atoms with Gasteiger partial charge in [-0.3, -0.25) is 0 Å². The van der Waals surface area contributed by atoms with Gasteiger partial charge in [-0.05, 0) is 19.9 Å². The van der Waals surface area contributed by atoms with Gasteiger partial charge in [-0.1, -0.05) is 0 Å². The highest BCUT2D eigenvalue weighted by Gasteiger charge is 2.12. The van der Waals surface area contributed by atoms with Crippen molar-refractivity contribution in [1.29, 1.82) is 0 Å². The summed E-state index contributed by atoms with van der Waals surface area (Å²) >= 11 is 0. The normalized spacial score (nSPS) is 10.8. The predicted octanol–water partition coefficient (Wildman–Crippen LogP) is 3.09. The van der Waals surface area contributed by atoms with Gasteiger partial charge in [-0.2, -0.15) is 19.0 Å². The SMILES string of the molecule is CC(C)n1nccc1NCc1ccnn1C(F)F.Cl. The molecule has 2 heterocycles. The van der Waals surface area contributed by atoms with Crippen LogP contribution in [0.15, 0.2) is 24.5 Å². The molecular weight excluding hydrogens is 276 g/mol. The van der Waals surface area contributed by atoms with E-state index in [9.17, 15) is 8.78 Å². The number of rotatable bonds is 5. The lowest BCUT2D eigenvalue weighted by molar-refractivity contribution is 0.0537. The number of alkyl halides is 2. The fraction of sp³-hybridized carbons (Fsp3) is 0.455. The first-order valence-corrected chi connectivity index (χ1v) is 5.67. The number of nitrogens with zero attached hydrogens (tertiary/aromatic N) is 4. The van der Waals surface area contributed by atoms with Crippen molar-refractivity contribution in [3.05, 3.63) is 30.2 Å². The van der Waals surface area contributed by atoms with Crippen molar-refractivity contribution in [2.75, 3.05) is 5.32 Å². The maximum atomic E-state index is 12.6. The van der Waals surface area contributed by atoms with Crippen LogP contribution in [-0.4, -0.2) is 19.6 Å². The third kappa shape index (κ3) is 3.44. The zero-order chi connectivity index (χ0) is 13.1. The van der Waals surface area contributed by atoms with E-state index in [4.69, 9.17) is 0 Å². The van der Waals surface area contributed by atoms with E-state index in [1.807, 2.05) is 19.9 Å². The zero-order valence-electron chi connectivity index (χ0n) is 10.6. The van der Waals surface area contributed by atoms with Crippen LogP contribution in [0.1, 0.15) is 32.1 Å². The molecule has 0 aliphatic heterocycles. The molecule has 0 bridgehead atoms. The first-order valence-electron chi connectivity index (χ1n) is 5.67. The van der Waals surface area contributed by atoms with E-state index >= 15 is 0 Å². The van der Waals surface area contributed by atoms with Crippen LogP contribution < -0.4 is 5.32 Å². The molecule has 2 rings (SSSR count). The van der Waals surface area contributed by atoms with Crippen LogP contribution in [0.2, 0.25) is 0 Å². The first kappa shape index (κ1) is 15.4. The number of halogens is 3. The third-order valence-electron chi connectivity index (χ3n) is 2.55. The summed E-state index contributed by atoms with van der Waals surface area (Å²) in [6.45, 7) is 1.66. The van der Waals surface area contributed by atoms with Crippen molar-refractivity contribution in [2.45, 2.75) is 33.0 Å². The Morgan fingerprint density at radius 3 is 2.42 bits per heavy atom. The second-order valence-electron chi connectivity index (χ2n) is 4.15. The molecule has 0 aromatic carbocycles. The fourth-order valence-corrected chi connectivity index (χ4v) is 1.70. The Morgan fingerprint density at radius 2 is 1.79 bits per heavy atom. The van der Waals surface area contributed by atoms with Crippen molar-refractivity contribution in [3.8, 4) is 0 Å². The molecule has 0 radical (unpaired) electrons. The average Bonchev–Trinajstić information content (AvgIpc) is 2.94. The summed E-state index contributed by atoms with van der Waals surface area (Å²) in [4.78, 5) is 0. The Hall–Kier alpha value is -1.63. The van der Waals surface area contributed by atoms with Gasteiger partial charge in [-0.15, -0.1) is 12.4 Å². The summed E-state index contributed by atoms with van der Waals surface area (Å²) in [5.41, 5.74) is 0.432. The molecule has 0 unspecified atom stereocenters. The summed E-state index contributed by atoms with van der Waals surface area (Å²) in [6, 6.07) is 3.58. The Bertz CT molecular complexity index is 462. The molecule has 5 nitrogen and oxygen atoms in total. The van der Waals surface area contributed by atoms with Gasteiger partial charge in [0.25, 0.3) is 0 Å². The number of aromatic nitrogens is 4. The standard InChI is InChI=1S/C11H15F2N5.ClH/c1-8(2)17-10(4-6-15-17)14-7-9-3-5-16-18(9)11(12)13;/h3-6,8,11,14H,7H2,1-2H3;1H. The smallest absolute Gasteiger partial charge is 0.333 e. The van der Waals surface area contributed by atoms with E-state index < -0.39 is 6.55 Å². The number of hydrogen-bond acceptors (Lipinski definition) is 3. The van der Waals surface area contributed by atoms with E-state index in [0.717, 1.165) is 5.82 Å². The Kier molecular flexibility index (Phi) is 5.29. The number of hydrogen-bond donors (Lipinski definition) is 1. The summed E-state index contributed by atoms with van der Waals surface area (Å²) in [5.74, 6) is 0.798. The fourth-order valence-electron chi connectivity index (χ4n) is 1.70. The molecule has 0 spiro atoms. The van der Waals surface area contributed by atoms with E-state index in [1.165, 1.54) is 6.20 Å². The van der Waals surface area contributed by atoms with Gasteiger partial charge >= 0.3 is 6.55 Å². The van der Waals surface area contributed by atoms with Gasteiger partial charge in [-0.25, -0.2) is 9.36 Å². The highest BCUT2D eigenvalue weighted by Crippen LogP contribution is 2.16. The van der Waals surface area contributed by atoms with E-state index in [1.54, 1.807) is 16.9 Å². The summed E-state index contributed by atoms with van der Waals surface area (Å²) in [6.07, 6.45) is 3.04. The molecule has 0 aliphatic carbocycles. The van der Waals surface area contributed by atoms with Crippen LogP contribution in [-0.2, 0) is 6.54 Å². The average molecular weight is 292 g/mol. The molecule has 0 aliphatic rings. The second-order valence-corrected chi connectivity index (χ2v) is 4.15. The van der Waals surface area contributed by atoms with Crippen molar-refractivity contribution >= 4 is 18.2 Å². The number of nitrogens with one attached hydrogen (secondary N) is 1. The van der Waals surface area contributed by atoms with Gasteiger partial charge < -0.3 is 5.32 Å². The highest BCUT2D eigenvalue weighted by atomic mass is 35.5. The van der Waals surface area contributed by atoms with Gasteiger partial charge in [0.2, 0.25) is 0 Å². The highest BCUT2D eigenvalue weighted by molar-refractivity contribution is 5.85. The topological polar surface area (TPSA) is 47.7 Å². The molecule has 2 aromatic rings. The minimum absolute atomic E-state index is 0. The van der Waals surface area contributed by atoms with Crippen LogP contribution in [0.4, 0.5) is 14.6 Å². The van der Waals surface area contributed by atoms with Crippen molar-refractivity contribution in [1.82, 2.24) is 19.6 Å². The van der Waals surface area contributed by atoms with Gasteiger partial charge in [0, 0.05) is 18.3 Å². The molecule has 19 heavy (non-hydrogen) atoms. The maximum absolute atomic E-state index is 12.6. The molecule has 8 heteroatoms. The van der Waals surface area contributed by atoms with Crippen molar-refractivity contribution in [2.24, 2.45) is 0 Å². The van der Waals surface area contributed by atoms with Crippen molar-refractivity contribution in [3.63, 3.8) is 0 Å². The van der Waals surface area contributed by atoms with E-state index in [0.29, 0.717) is 10.4 Å². The molecule has 0 saturated heterocycles. The molecule has 0 fully saturated rings. The molecule has 0 amide bonds. The minimum atomic E-state index is -2.62. The largest absolute Gasteiger partial charge is 0.365 e. The molecular formula is C11H16ClF2N5. The van der Waals surface area contributed by atoms with Crippen LogP contribution in [0.3, 0.4) is 0 Å². The molecule has 1 N–H and O–H groups in total. The van der Waals surface area contributed by atoms with Crippen LogP contribution in [0.25, 0.3) is 0 Å². The summed E-state index contributed by atoms with van der Waals surface area (Å²) in [7, 11) is 0. The zero-order valence-corrected chi connectivity index (χ0v) is 11.4. The molecule has 0 saturated carbocycles. The Labute approximate surface area is 116 Å². The second kappa shape index (κ2) is 6.51. The summed E-state index contributed by atoms with van der Waals surface area (Å²) in [5, 5.41) is 10.8. The summed E-state index contributed by atoms with van der Waals surface area (Å²) < 4.78 is 27.7. The Balaban J connectivity index is 0.00000180. The van der Waals surface area contributed by atoms with Crippen LogP contribution >= 0.6 is 12.4 Å². The van der Waals surface area contributed by atoms with Crippen molar-refractivity contribution < 1.29 is 8.78 Å². The first-order chi connectivity index (χ1) is 8.59. The maximum Gasteiger partial charge on any atom is 0.333 e. The third-order valence-corrected chi connectivity index (χ3v) is 2.55. The molecule has 0 atom stereocenters. The predicted molar refractivity (Wildman–Crippen MR) is 70.7 cm³/mol.